The Bertz CT molecular complexity index is 1370. The van der Waals surface area contributed by atoms with Gasteiger partial charge in [0.1, 0.15) is 0 Å². The van der Waals surface area contributed by atoms with E-state index in [1.807, 2.05) is 6.07 Å². The fourth-order valence-corrected chi connectivity index (χ4v) is 6.78. The second-order valence-corrected chi connectivity index (χ2v) is 11.5. The van der Waals surface area contributed by atoms with Gasteiger partial charge >= 0.3 is 24.4 Å². The van der Waals surface area contributed by atoms with Crippen LogP contribution in [0.1, 0.15) is 49.7 Å². The highest BCUT2D eigenvalue weighted by atomic mass is 19.4. The summed E-state index contributed by atoms with van der Waals surface area (Å²) in [5.41, 5.74) is 0.443. The Hall–Kier alpha value is -3.72. The third kappa shape index (κ3) is 8.16. The molecule has 2 amide bonds. The number of rotatable bonds is 6. The molecule has 3 N–H and O–H groups in total. The molecule has 0 radical (unpaired) electrons. The van der Waals surface area contributed by atoms with E-state index in [4.69, 9.17) is 24.1 Å². The van der Waals surface area contributed by atoms with E-state index in [0.717, 1.165) is 70.4 Å². The molecule has 3 fully saturated rings. The fraction of sp³-hybridized carbons (Fsp3) is 0.548. The molecule has 254 valence electrons. The first-order valence-electron chi connectivity index (χ1n) is 14.8. The number of urea groups is 1. The standard InChI is InChI=1S/C29H36F3N3O4.C2HF3O2/c1-37-24-7-6-19(17-25(24)38-2)28-11-8-22(18-26(28)35(13-12-28)23-9-14-39-15-10-23)34-27(36)33-21-5-3-4-20(16-21)29(30,31)32;3-2(4,5)1(6)7/h3-7,16-17,22-23,26H,8-15,18H2,1-2H3,(H2,33,34,36);(H,6,7)/t22-,26+,28+;/m1./s1. The quantitative estimate of drug-likeness (QED) is 0.316. The predicted octanol–water partition coefficient (Wildman–Crippen LogP) is 6.22. The zero-order valence-electron chi connectivity index (χ0n) is 25.3. The molecule has 0 spiro atoms. The van der Waals surface area contributed by atoms with E-state index < -0.39 is 29.9 Å². The van der Waals surface area contributed by atoms with Crippen molar-refractivity contribution < 1.29 is 55.2 Å². The first kappa shape index (κ1) is 35.1. The van der Waals surface area contributed by atoms with Gasteiger partial charge in [0.05, 0.1) is 19.8 Å². The number of carbonyl (C=O) groups excluding carboxylic acids is 1. The number of hydrogen-bond donors (Lipinski definition) is 3. The van der Waals surface area contributed by atoms with Gasteiger partial charge in [-0.25, -0.2) is 9.59 Å². The zero-order chi connectivity index (χ0) is 33.7. The summed E-state index contributed by atoms with van der Waals surface area (Å²) in [7, 11) is 3.27. The molecule has 1 saturated carbocycles. The Morgan fingerprint density at radius 2 is 1.63 bits per heavy atom. The molecule has 46 heavy (non-hydrogen) atoms. The molecule has 2 aliphatic heterocycles. The number of hydrogen-bond acceptors (Lipinski definition) is 6. The summed E-state index contributed by atoms with van der Waals surface area (Å²) >= 11 is 0. The first-order chi connectivity index (χ1) is 21.7. The van der Waals surface area contributed by atoms with Gasteiger partial charge in [-0.2, -0.15) is 26.3 Å². The molecule has 0 unspecified atom stereocenters. The van der Waals surface area contributed by atoms with Crippen molar-refractivity contribution in [2.24, 2.45) is 0 Å². The first-order valence-corrected chi connectivity index (χ1v) is 14.8. The molecule has 15 heteroatoms. The van der Waals surface area contributed by atoms with Crippen LogP contribution in [0, 0.1) is 0 Å². The average molecular weight is 662 g/mol. The lowest BCUT2D eigenvalue weighted by molar-refractivity contribution is -0.192. The number of anilines is 1. The van der Waals surface area contributed by atoms with E-state index in [0.29, 0.717) is 17.5 Å². The molecule has 0 aromatic heterocycles. The maximum Gasteiger partial charge on any atom is 0.490 e. The van der Waals surface area contributed by atoms with Crippen LogP contribution >= 0.6 is 0 Å². The van der Waals surface area contributed by atoms with Crippen molar-refractivity contribution in [3.05, 3.63) is 53.6 Å². The minimum absolute atomic E-state index is 0.0897. The molecule has 0 bridgehead atoms. The number of likely N-dealkylation sites (tertiary alicyclic amines) is 1. The van der Waals surface area contributed by atoms with Gasteiger partial charge in [0.15, 0.2) is 11.5 Å². The maximum absolute atomic E-state index is 13.1. The van der Waals surface area contributed by atoms with Crippen molar-refractivity contribution in [3.63, 3.8) is 0 Å². The second-order valence-electron chi connectivity index (χ2n) is 11.5. The summed E-state index contributed by atoms with van der Waals surface area (Å²) < 4.78 is 87.8. The minimum atomic E-state index is -5.08. The summed E-state index contributed by atoms with van der Waals surface area (Å²) in [6.45, 7) is 2.46. The monoisotopic (exact) mass is 661 g/mol. The van der Waals surface area contributed by atoms with Crippen molar-refractivity contribution in [3.8, 4) is 11.5 Å². The van der Waals surface area contributed by atoms with E-state index in [2.05, 4.69) is 27.7 Å². The van der Waals surface area contributed by atoms with E-state index in [-0.39, 0.29) is 23.2 Å². The Morgan fingerprint density at radius 1 is 0.957 bits per heavy atom. The predicted molar refractivity (Wildman–Crippen MR) is 155 cm³/mol. The van der Waals surface area contributed by atoms with Crippen LogP contribution in [-0.4, -0.2) is 80.3 Å². The van der Waals surface area contributed by atoms with Crippen LogP contribution in [0.2, 0.25) is 0 Å². The number of benzene rings is 2. The van der Waals surface area contributed by atoms with Crippen LogP contribution in [0.25, 0.3) is 0 Å². The molecule has 3 aliphatic rings. The van der Waals surface area contributed by atoms with Crippen molar-refractivity contribution in [2.75, 3.05) is 39.3 Å². The topological polar surface area (TPSA) is 109 Å². The highest BCUT2D eigenvalue weighted by molar-refractivity contribution is 5.89. The molecule has 2 saturated heterocycles. The average Bonchev–Trinajstić information content (AvgIpc) is 3.40. The summed E-state index contributed by atoms with van der Waals surface area (Å²) in [4.78, 5) is 24.4. The lowest BCUT2D eigenvalue weighted by Gasteiger charge is -2.47. The number of carboxylic acids is 1. The summed E-state index contributed by atoms with van der Waals surface area (Å²) in [6, 6.07) is 10.9. The lowest BCUT2D eigenvalue weighted by Crippen LogP contribution is -2.55. The van der Waals surface area contributed by atoms with Gasteiger partial charge in [-0.3, -0.25) is 4.90 Å². The van der Waals surface area contributed by atoms with Gasteiger partial charge in [0, 0.05) is 42.4 Å². The van der Waals surface area contributed by atoms with Gasteiger partial charge in [-0.15, -0.1) is 0 Å². The van der Waals surface area contributed by atoms with E-state index in [9.17, 15) is 31.1 Å². The Morgan fingerprint density at radius 3 is 2.24 bits per heavy atom. The van der Waals surface area contributed by atoms with Gasteiger partial charge in [-0.05, 0) is 81.0 Å². The molecule has 5 rings (SSSR count). The molecule has 2 aromatic rings. The van der Waals surface area contributed by atoms with Crippen molar-refractivity contribution in [1.82, 2.24) is 10.2 Å². The molecule has 2 aromatic carbocycles. The van der Waals surface area contributed by atoms with Crippen LogP contribution in [0.15, 0.2) is 42.5 Å². The van der Waals surface area contributed by atoms with Crippen LogP contribution in [0.4, 0.5) is 36.8 Å². The highest BCUT2D eigenvalue weighted by Gasteiger charge is 2.53. The normalized spacial score (nSPS) is 23.8. The van der Waals surface area contributed by atoms with Crippen molar-refractivity contribution >= 4 is 17.7 Å². The van der Waals surface area contributed by atoms with E-state index in [1.165, 1.54) is 17.7 Å². The van der Waals surface area contributed by atoms with Crippen LogP contribution in [-0.2, 0) is 21.1 Å². The fourth-order valence-electron chi connectivity index (χ4n) is 6.78. The summed E-state index contributed by atoms with van der Waals surface area (Å²) in [6.07, 6.45) is -4.19. The third-order valence-electron chi connectivity index (χ3n) is 8.94. The Balaban J connectivity index is 0.000000617. The number of ether oxygens (including phenoxy) is 3. The number of halogens is 6. The SMILES string of the molecule is COc1ccc([C@@]23CC[C@@H](NC(=O)Nc4cccc(C(F)(F)F)c4)C[C@@H]2N(C2CCOCC2)CC3)cc1OC.O=C(O)C(F)(F)F. The lowest BCUT2D eigenvalue weighted by atomic mass is 9.65. The van der Waals surface area contributed by atoms with Crippen molar-refractivity contribution in [1.29, 1.82) is 0 Å². The highest BCUT2D eigenvalue weighted by Crippen LogP contribution is 2.51. The Labute approximate surface area is 262 Å². The van der Waals surface area contributed by atoms with E-state index >= 15 is 0 Å². The van der Waals surface area contributed by atoms with Gasteiger partial charge in [0.2, 0.25) is 0 Å². The molecular formula is C31H37F6N3O6. The van der Waals surface area contributed by atoms with Crippen LogP contribution < -0.4 is 20.1 Å². The molecular weight excluding hydrogens is 624 g/mol. The summed E-state index contributed by atoms with van der Waals surface area (Å²) in [5.74, 6) is -1.36. The number of nitrogens with zero attached hydrogens (tertiary/aromatic N) is 1. The number of nitrogens with one attached hydrogen (secondary N) is 2. The molecule has 1 aliphatic carbocycles. The number of fused-ring (bicyclic) bond motifs is 1. The van der Waals surface area contributed by atoms with Gasteiger partial charge in [-0.1, -0.05) is 12.1 Å². The largest absolute Gasteiger partial charge is 0.493 e. The number of amides is 2. The number of methoxy groups -OCH3 is 2. The van der Waals surface area contributed by atoms with Crippen LogP contribution in [0.5, 0.6) is 11.5 Å². The molecule has 3 atom stereocenters. The summed E-state index contributed by atoms with van der Waals surface area (Å²) in [5, 5.41) is 12.8. The number of aliphatic carboxylic acids is 1. The van der Waals surface area contributed by atoms with Gasteiger partial charge in [0.25, 0.3) is 0 Å². The molecule has 9 nitrogen and oxygen atoms in total. The zero-order valence-corrected chi connectivity index (χ0v) is 25.3. The van der Waals surface area contributed by atoms with Gasteiger partial charge < -0.3 is 30.0 Å². The second kappa shape index (κ2) is 14.4. The number of alkyl halides is 6. The number of carboxylic acid groups (broad SMARTS) is 1. The van der Waals surface area contributed by atoms with E-state index in [1.54, 1.807) is 14.2 Å². The maximum atomic E-state index is 13.1. The van der Waals surface area contributed by atoms with Crippen molar-refractivity contribution in [2.45, 2.75) is 74.4 Å². The smallest absolute Gasteiger partial charge is 0.490 e. The Kier molecular flexibility index (Phi) is 11.0. The minimum Gasteiger partial charge on any atom is -0.493 e. The third-order valence-corrected chi connectivity index (χ3v) is 8.94. The molecule has 2 heterocycles. The van der Waals surface area contributed by atoms with Crippen LogP contribution in [0.3, 0.4) is 0 Å². The number of carbonyl (C=O) groups is 2.